The van der Waals surface area contributed by atoms with Crippen molar-refractivity contribution in [1.82, 2.24) is 10.2 Å². The van der Waals surface area contributed by atoms with Gasteiger partial charge in [0.25, 0.3) is 0 Å². The summed E-state index contributed by atoms with van der Waals surface area (Å²) >= 11 is 0. The van der Waals surface area contributed by atoms with E-state index >= 15 is 0 Å². The number of halogens is 1. The fourth-order valence-electron chi connectivity index (χ4n) is 1.55. The van der Waals surface area contributed by atoms with Crippen LogP contribution in [0, 0.1) is 19.7 Å². The quantitative estimate of drug-likeness (QED) is 0.760. The Kier molecular flexibility index (Phi) is 4.87. The normalized spacial score (nSPS) is 10.3. The van der Waals surface area contributed by atoms with Crippen LogP contribution in [-0.4, -0.2) is 23.4 Å². The Morgan fingerprint density at radius 1 is 1.00 bits per heavy atom. The number of benzene rings is 1. The van der Waals surface area contributed by atoms with E-state index in [1.807, 2.05) is 19.9 Å². The first-order valence-electron chi connectivity index (χ1n) is 6.47. The molecule has 0 fully saturated rings. The Balaban J connectivity index is 1.68. The van der Waals surface area contributed by atoms with Crippen LogP contribution in [0.1, 0.15) is 17.7 Å². The summed E-state index contributed by atoms with van der Waals surface area (Å²) in [5.41, 5.74) is 1.95. The minimum Gasteiger partial charge on any atom is -0.493 e. The van der Waals surface area contributed by atoms with Gasteiger partial charge >= 0.3 is 0 Å². The zero-order valence-corrected chi connectivity index (χ0v) is 11.6. The number of nitrogens with zero attached hydrogens (tertiary/aromatic N) is 2. The third kappa shape index (κ3) is 4.19. The molecule has 0 saturated carbocycles. The van der Waals surface area contributed by atoms with Gasteiger partial charge in [-0.15, -0.1) is 5.10 Å². The molecule has 5 heteroatoms. The van der Waals surface area contributed by atoms with Gasteiger partial charge in [0.1, 0.15) is 11.6 Å². The van der Waals surface area contributed by atoms with Crippen molar-refractivity contribution in [3.05, 3.63) is 47.4 Å². The van der Waals surface area contributed by atoms with Crippen LogP contribution >= 0.6 is 0 Å². The van der Waals surface area contributed by atoms with E-state index in [0.29, 0.717) is 31.3 Å². The predicted octanol–water partition coefficient (Wildman–Crippen LogP) is 3.08. The van der Waals surface area contributed by atoms with Crippen LogP contribution in [0.4, 0.5) is 4.39 Å². The number of ether oxygens (including phenoxy) is 2. The molecule has 0 aliphatic heterocycles. The molecule has 20 heavy (non-hydrogen) atoms. The molecule has 0 aliphatic carbocycles. The van der Waals surface area contributed by atoms with Gasteiger partial charge in [0, 0.05) is 12.5 Å². The molecule has 0 bridgehead atoms. The zero-order valence-electron chi connectivity index (χ0n) is 11.6. The molecule has 1 heterocycles. The topological polar surface area (TPSA) is 44.2 Å². The van der Waals surface area contributed by atoms with Gasteiger partial charge in [0.15, 0.2) is 0 Å². The van der Waals surface area contributed by atoms with E-state index in [0.717, 1.165) is 11.3 Å². The van der Waals surface area contributed by atoms with Gasteiger partial charge < -0.3 is 9.47 Å². The number of hydrogen-bond acceptors (Lipinski definition) is 4. The molecule has 1 aromatic carbocycles. The molecule has 0 saturated heterocycles. The predicted molar refractivity (Wildman–Crippen MR) is 73.5 cm³/mol. The minimum absolute atomic E-state index is 0.269. The van der Waals surface area contributed by atoms with Crippen LogP contribution in [0.2, 0.25) is 0 Å². The van der Waals surface area contributed by atoms with Crippen LogP contribution in [0.5, 0.6) is 11.6 Å². The standard InChI is InChI=1S/C15H17FN2O2/c1-11-10-15(18-17-12(11)2)20-9-3-8-19-14-6-4-13(16)5-7-14/h4-7,10H,3,8-9H2,1-2H3. The number of aryl methyl sites for hydroxylation is 2. The van der Waals surface area contributed by atoms with Gasteiger partial charge in [-0.25, -0.2) is 4.39 Å². The molecule has 0 N–H and O–H groups in total. The smallest absolute Gasteiger partial charge is 0.233 e. The molecule has 2 rings (SSSR count). The van der Waals surface area contributed by atoms with Gasteiger partial charge in [-0.2, -0.15) is 5.10 Å². The zero-order chi connectivity index (χ0) is 14.4. The van der Waals surface area contributed by atoms with Crippen molar-refractivity contribution in [3.8, 4) is 11.6 Å². The van der Waals surface area contributed by atoms with E-state index in [1.165, 1.54) is 12.1 Å². The molecule has 0 unspecified atom stereocenters. The summed E-state index contributed by atoms with van der Waals surface area (Å²) < 4.78 is 23.6. The summed E-state index contributed by atoms with van der Waals surface area (Å²) in [4.78, 5) is 0. The SMILES string of the molecule is Cc1cc(OCCCOc2ccc(F)cc2)nnc1C. The molecule has 4 nitrogen and oxygen atoms in total. The Labute approximate surface area is 117 Å². The fourth-order valence-corrected chi connectivity index (χ4v) is 1.55. The van der Waals surface area contributed by atoms with Crippen LogP contribution in [0.25, 0.3) is 0 Å². The van der Waals surface area contributed by atoms with E-state index in [9.17, 15) is 4.39 Å². The number of rotatable bonds is 6. The van der Waals surface area contributed by atoms with Gasteiger partial charge in [0.05, 0.1) is 18.9 Å². The molecule has 0 amide bonds. The van der Waals surface area contributed by atoms with Gasteiger partial charge in [-0.1, -0.05) is 0 Å². The monoisotopic (exact) mass is 276 g/mol. The van der Waals surface area contributed by atoms with E-state index in [-0.39, 0.29) is 5.82 Å². The minimum atomic E-state index is -0.269. The third-order valence-electron chi connectivity index (χ3n) is 2.83. The summed E-state index contributed by atoms with van der Waals surface area (Å²) in [5, 5.41) is 7.94. The molecule has 0 atom stereocenters. The van der Waals surface area contributed by atoms with E-state index in [4.69, 9.17) is 9.47 Å². The molecule has 0 aliphatic rings. The highest BCUT2D eigenvalue weighted by Gasteiger charge is 2.00. The Morgan fingerprint density at radius 3 is 2.40 bits per heavy atom. The van der Waals surface area contributed by atoms with E-state index < -0.39 is 0 Å². The van der Waals surface area contributed by atoms with E-state index in [1.54, 1.807) is 12.1 Å². The van der Waals surface area contributed by atoms with Crippen molar-refractivity contribution < 1.29 is 13.9 Å². The molecular weight excluding hydrogens is 259 g/mol. The average Bonchev–Trinajstić information content (AvgIpc) is 2.44. The van der Waals surface area contributed by atoms with Crippen LogP contribution < -0.4 is 9.47 Å². The first-order valence-corrected chi connectivity index (χ1v) is 6.47. The summed E-state index contributed by atoms with van der Waals surface area (Å²) in [5.74, 6) is 0.904. The lowest BCUT2D eigenvalue weighted by molar-refractivity contribution is 0.240. The number of hydrogen-bond donors (Lipinski definition) is 0. The Morgan fingerprint density at radius 2 is 1.70 bits per heavy atom. The highest BCUT2D eigenvalue weighted by molar-refractivity contribution is 5.22. The lowest BCUT2D eigenvalue weighted by Crippen LogP contribution is -2.06. The second-order valence-corrected chi connectivity index (χ2v) is 4.46. The second-order valence-electron chi connectivity index (χ2n) is 4.46. The first kappa shape index (κ1) is 14.2. The van der Waals surface area contributed by atoms with Crippen molar-refractivity contribution in [3.63, 3.8) is 0 Å². The maximum Gasteiger partial charge on any atom is 0.233 e. The van der Waals surface area contributed by atoms with Gasteiger partial charge in [0.2, 0.25) is 5.88 Å². The molecule has 0 radical (unpaired) electrons. The Bertz CT molecular complexity index is 558. The van der Waals surface area contributed by atoms with E-state index in [2.05, 4.69) is 10.2 Å². The summed E-state index contributed by atoms with van der Waals surface area (Å²) in [6.07, 6.45) is 0.714. The molecular formula is C15H17FN2O2. The maximum absolute atomic E-state index is 12.7. The summed E-state index contributed by atoms with van der Waals surface area (Å²) in [6, 6.07) is 7.81. The molecule has 106 valence electrons. The lowest BCUT2D eigenvalue weighted by Gasteiger charge is -2.08. The van der Waals surface area contributed by atoms with Crippen LogP contribution in [-0.2, 0) is 0 Å². The van der Waals surface area contributed by atoms with Gasteiger partial charge in [-0.3, -0.25) is 0 Å². The van der Waals surface area contributed by atoms with Crippen LogP contribution in [0.3, 0.4) is 0 Å². The highest BCUT2D eigenvalue weighted by atomic mass is 19.1. The van der Waals surface area contributed by atoms with Crippen molar-refractivity contribution in [2.75, 3.05) is 13.2 Å². The average molecular weight is 276 g/mol. The second kappa shape index (κ2) is 6.84. The summed E-state index contributed by atoms with van der Waals surface area (Å²) in [6.45, 7) is 4.87. The lowest BCUT2D eigenvalue weighted by atomic mass is 10.2. The van der Waals surface area contributed by atoms with Crippen molar-refractivity contribution in [2.45, 2.75) is 20.3 Å². The first-order chi connectivity index (χ1) is 9.65. The van der Waals surface area contributed by atoms with Crippen molar-refractivity contribution in [2.24, 2.45) is 0 Å². The van der Waals surface area contributed by atoms with Crippen molar-refractivity contribution >= 4 is 0 Å². The van der Waals surface area contributed by atoms with Gasteiger partial charge in [-0.05, 0) is 43.7 Å². The van der Waals surface area contributed by atoms with Crippen molar-refractivity contribution in [1.29, 1.82) is 0 Å². The highest BCUT2D eigenvalue weighted by Crippen LogP contribution is 2.12. The summed E-state index contributed by atoms with van der Waals surface area (Å²) in [7, 11) is 0. The molecule has 0 spiro atoms. The number of aromatic nitrogens is 2. The van der Waals surface area contributed by atoms with Crippen LogP contribution in [0.15, 0.2) is 30.3 Å². The molecule has 1 aromatic heterocycles. The molecule has 2 aromatic rings. The largest absolute Gasteiger partial charge is 0.493 e. The Hall–Kier alpha value is -2.17. The fraction of sp³-hybridized carbons (Fsp3) is 0.333. The maximum atomic E-state index is 12.7. The third-order valence-corrected chi connectivity index (χ3v) is 2.83.